The Morgan fingerprint density at radius 1 is 0.179 bits per heavy atom. The van der Waals surface area contributed by atoms with Gasteiger partial charge >= 0.3 is 7.12 Å². The van der Waals surface area contributed by atoms with E-state index in [-0.39, 0.29) is 18.3 Å². The van der Waals surface area contributed by atoms with Crippen LogP contribution in [0.15, 0.2) is 485 Å². The van der Waals surface area contributed by atoms with Gasteiger partial charge in [-0.15, -0.1) is 0 Å². The van der Waals surface area contributed by atoms with Gasteiger partial charge in [0.2, 0.25) is 0 Å². The number of hydrogen-bond donors (Lipinski definition) is 0. The Labute approximate surface area is 845 Å². The van der Waals surface area contributed by atoms with Crippen LogP contribution >= 0.6 is 0 Å². The molecule has 1 saturated heterocycles. The van der Waals surface area contributed by atoms with Gasteiger partial charge in [-0.3, -0.25) is 0 Å². The maximum atomic E-state index is 6.29. The summed E-state index contributed by atoms with van der Waals surface area (Å²) >= 11 is 0. The normalized spacial score (nSPS) is 13.6. The van der Waals surface area contributed by atoms with Gasteiger partial charge in [-0.1, -0.05) is 425 Å². The van der Waals surface area contributed by atoms with Crippen molar-refractivity contribution in [3.63, 3.8) is 0 Å². The molecule has 145 heavy (non-hydrogen) atoms. The van der Waals surface area contributed by atoms with Crippen LogP contribution in [0.1, 0.15) is 83.3 Å². The molecule has 1 aliphatic heterocycles. The fourth-order valence-corrected chi connectivity index (χ4v) is 24.0. The van der Waals surface area contributed by atoms with Gasteiger partial charge in [-0.2, -0.15) is 0 Å². The summed E-state index contributed by atoms with van der Waals surface area (Å²) in [4.78, 5) is 0. The Morgan fingerprint density at radius 3 is 0.917 bits per heavy atom. The Balaban J connectivity index is 0.0000000878. The number of fused-ring (bicyclic) bond motifs is 33. The van der Waals surface area contributed by atoms with Crippen LogP contribution in [-0.4, -0.2) is 22.9 Å². The summed E-state index contributed by atoms with van der Waals surface area (Å²) in [5.74, 6) is 0. The first-order chi connectivity index (χ1) is 71.3. The van der Waals surface area contributed by atoms with Crippen LogP contribution in [0.25, 0.3) is 213 Å². The van der Waals surface area contributed by atoms with Crippen molar-refractivity contribution in [2.45, 2.75) is 71.0 Å². The van der Waals surface area contributed by atoms with Crippen molar-refractivity contribution in [1.82, 2.24) is 4.57 Å². The molecule has 0 unspecified atom stereocenters. The van der Waals surface area contributed by atoms with Crippen molar-refractivity contribution in [3.8, 4) is 83.6 Å². The zero-order valence-electron chi connectivity index (χ0n) is 81.6. The SMILES string of the molecule is CC1(C)OB(c2ccc(-n3c4cc5ccccc5cc4c4cc5ccccc5cc43)cc2)OC1(C)C.c1ccc(-c2ccc3c(c2)-c2c(ccc4ccccc24)C3)cc1.c1ccc2c(-c3ccc4c(c3)-c3c(ccc5ccccc35)C4)cccc2c1.c1ccc2c(c1)Cc1ccc3ccccc3c1-2.c1ccc2c3c(ccc2c1)Cc1ccc2ccccc2c1-3.c1ccc2cc3c(cc2c1)Cc1cc2ccccc2cc1-3. The fourth-order valence-electron chi connectivity index (χ4n) is 24.0. The first-order valence-electron chi connectivity index (χ1n) is 51.1. The summed E-state index contributed by atoms with van der Waals surface area (Å²) in [5, 5.41) is 29.0. The van der Waals surface area contributed by atoms with Crippen LogP contribution < -0.4 is 5.46 Å². The van der Waals surface area contributed by atoms with E-state index in [2.05, 4.69) is 518 Å². The molecule has 5 aliphatic carbocycles. The molecule has 0 spiro atoms. The molecular weight excluding hydrogens is 1750 g/mol. The number of nitrogens with zero attached hydrogens (tertiary/aromatic N) is 1. The van der Waals surface area contributed by atoms with Crippen molar-refractivity contribution >= 4 is 142 Å². The number of rotatable bonds is 4. The maximum Gasteiger partial charge on any atom is 0.494 e. The summed E-state index contributed by atoms with van der Waals surface area (Å²) in [5.41, 5.74) is 37.8. The standard InChI is InChI=1S/C32H28BNO2.C27H18.C23H16.2C21H14.C17H12/c1-31(2)32(3,4)36-33(35-31)25-13-15-26(16-14-25)34-29-19-23-11-7-5-9-21(23)17-27(29)28-18-22-10-6-8-12-24(22)20-30(28)34;1-3-9-23-18(6-1)8-5-11-24(23)21-14-13-20-16-22-15-12-19-7-2-4-10-25(19)27(22)26(20)17-21;1-2-6-16(7-3-1)18-11-12-19-14-20-13-10-17-8-4-5-9-21(17)23(20)22(19)15-18;1-3-7-16-12-20-18(9-14(16)5-1)11-19-10-15-6-2-4-8-17(15)13-21(19)20;1-3-7-18-14(5-1)9-11-16-13-17-12-10-15-6-2-4-8-19(15)21(17)20(16)18;1-3-7-15-12(5-1)9-10-14-11-13-6-2-4-8-16(13)17(14)15/h5-20H,1-4H3;1-15,17H,16H2;1-13,15H,14H2;1-10,12-13H,11H2;1-12H,13H2;1-10H,11H2. The molecule has 0 saturated carbocycles. The van der Waals surface area contributed by atoms with Gasteiger partial charge in [0.1, 0.15) is 0 Å². The Hall–Kier alpha value is -17.1. The fraction of sp³-hybridized carbons (Fsp3) is 0.0780. The summed E-state index contributed by atoms with van der Waals surface area (Å²) in [6.45, 7) is 8.37. The first kappa shape index (κ1) is 86.9. The number of hydrogen-bond acceptors (Lipinski definition) is 2. The molecule has 0 bridgehead atoms. The van der Waals surface area contributed by atoms with E-state index >= 15 is 0 Å². The highest BCUT2D eigenvalue weighted by atomic mass is 16.7. The molecule has 0 radical (unpaired) electrons. The van der Waals surface area contributed by atoms with Crippen LogP contribution in [0.5, 0.6) is 0 Å². The lowest BCUT2D eigenvalue weighted by molar-refractivity contribution is 0.00578. The highest BCUT2D eigenvalue weighted by molar-refractivity contribution is 6.62. The maximum absolute atomic E-state index is 6.29. The molecule has 1 fully saturated rings. The van der Waals surface area contributed by atoms with Crippen LogP contribution in [0.2, 0.25) is 0 Å². The lowest BCUT2D eigenvalue weighted by atomic mass is 9.79. The monoisotopic (exact) mass is 1850 g/mol. The van der Waals surface area contributed by atoms with Crippen LogP contribution in [0.3, 0.4) is 0 Å². The Morgan fingerprint density at radius 2 is 0.476 bits per heavy atom. The molecular formula is C141H102BNO2. The van der Waals surface area contributed by atoms with E-state index in [0.29, 0.717) is 0 Å². The van der Waals surface area contributed by atoms with Crippen LogP contribution in [0.4, 0.5) is 0 Å². The lowest BCUT2D eigenvalue weighted by Gasteiger charge is -2.32. The van der Waals surface area contributed by atoms with E-state index in [0.717, 1.165) is 43.3 Å². The third-order valence-electron chi connectivity index (χ3n) is 31.9. The minimum absolute atomic E-state index is 0.356. The molecule has 0 atom stereocenters. The average Bonchev–Trinajstić information content (AvgIpc) is 1.56. The van der Waals surface area contributed by atoms with Gasteiger partial charge in [0.25, 0.3) is 0 Å². The molecule has 1 aromatic heterocycles. The van der Waals surface area contributed by atoms with E-state index in [1.807, 2.05) is 0 Å². The number of aromatic nitrogens is 1. The summed E-state index contributed by atoms with van der Waals surface area (Å²) in [6.07, 6.45) is 5.27. The van der Waals surface area contributed by atoms with Gasteiger partial charge in [-0.25, -0.2) is 0 Å². The van der Waals surface area contributed by atoms with Gasteiger partial charge in [0.05, 0.1) is 22.2 Å². The Kier molecular flexibility index (Phi) is 21.3. The first-order valence-corrected chi connectivity index (χ1v) is 51.1. The van der Waals surface area contributed by atoms with E-state index in [9.17, 15) is 0 Å². The van der Waals surface area contributed by atoms with Crippen molar-refractivity contribution < 1.29 is 9.31 Å². The number of benzene rings is 25. The largest absolute Gasteiger partial charge is 0.494 e. The highest BCUT2D eigenvalue weighted by Crippen LogP contribution is 2.51. The topological polar surface area (TPSA) is 23.4 Å². The van der Waals surface area contributed by atoms with E-state index in [4.69, 9.17) is 9.31 Å². The average molecular weight is 1850 g/mol. The minimum atomic E-state index is -0.366. The van der Waals surface area contributed by atoms with Crippen LogP contribution in [0, 0.1) is 0 Å². The van der Waals surface area contributed by atoms with Crippen molar-refractivity contribution in [3.05, 3.63) is 541 Å². The predicted molar refractivity (Wildman–Crippen MR) is 616 cm³/mol. The molecule has 32 rings (SSSR count). The second-order valence-electron chi connectivity index (χ2n) is 40.9. The zero-order chi connectivity index (χ0) is 96.5. The summed E-state index contributed by atoms with van der Waals surface area (Å²) < 4.78 is 15.0. The molecule has 25 aromatic carbocycles. The predicted octanol–water partition coefficient (Wildman–Crippen LogP) is 36.2. The quantitative estimate of drug-likeness (QED) is 0.164. The zero-order valence-corrected chi connectivity index (χ0v) is 81.6. The van der Waals surface area contributed by atoms with Gasteiger partial charge in [-0.05, 0) is 367 Å². The Bertz CT molecular complexity index is 9480. The third kappa shape index (κ3) is 15.5. The smallest absolute Gasteiger partial charge is 0.399 e. The third-order valence-corrected chi connectivity index (χ3v) is 31.9. The van der Waals surface area contributed by atoms with Crippen molar-refractivity contribution in [2.75, 3.05) is 0 Å². The molecule has 6 aliphatic rings. The second-order valence-corrected chi connectivity index (χ2v) is 40.9. The summed E-state index contributed by atoms with van der Waals surface area (Å²) in [7, 11) is -0.366. The van der Waals surface area contributed by atoms with Gasteiger partial charge in [0, 0.05) is 16.5 Å². The van der Waals surface area contributed by atoms with Crippen molar-refractivity contribution in [2.24, 2.45) is 0 Å². The molecule has 3 nitrogen and oxygen atoms in total. The highest BCUT2D eigenvalue weighted by Gasteiger charge is 2.52. The second kappa shape index (κ2) is 35.5. The molecule has 0 N–H and O–H groups in total. The van der Waals surface area contributed by atoms with Gasteiger partial charge < -0.3 is 13.9 Å². The van der Waals surface area contributed by atoms with E-state index in [1.165, 1.54) is 263 Å². The minimum Gasteiger partial charge on any atom is -0.399 e. The summed E-state index contributed by atoms with van der Waals surface area (Å²) in [6, 6.07) is 177. The molecule has 0 amide bonds. The molecule has 4 heteroatoms. The lowest BCUT2D eigenvalue weighted by Crippen LogP contribution is -2.41. The van der Waals surface area contributed by atoms with E-state index < -0.39 is 0 Å². The molecule has 686 valence electrons. The van der Waals surface area contributed by atoms with E-state index in [1.54, 1.807) is 0 Å². The van der Waals surface area contributed by atoms with Gasteiger partial charge in [0.15, 0.2) is 0 Å². The molecule has 26 aromatic rings. The van der Waals surface area contributed by atoms with Crippen LogP contribution in [-0.2, 0) is 41.4 Å². The van der Waals surface area contributed by atoms with Crippen molar-refractivity contribution in [1.29, 1.82) is 0 Å². The molecule has 2 heterocycles.